The molecule has 2 N–H and O–H groups in total. The van der Waals surface area contributed by atoms with Crippen molar-refractivity contribution in [2.75, 3.05) is 27.2 Å². The van der Waals surface area contributed by atoms with Crippen LogP contribution in [0, 0.1) is 0 Å². The van der Waals surface area contributed by atoms with Crippen molar-refractivity contribution in [1.82, 2.24) is 25.3 Å². The summed E-state index contributed by atoms with van der Waals surface area (Å²) in [5.41, 5.74) is 5.52. The second-order valence-electron chi connectivity index (χ2n) is 7.18. The number of rotatable bonds is 3. The molecule has 1 amide bonds. The van der Waals surface area contributed by atoms with Gasteiger partial charge in [0.25, 0.3) is 5.91 Å². The van der Waals surface area contributed by atoms with Crippen LogP contribution in [0.5, 0.6) is 0 Å². The van der Waals surface area contributed by atoms with Gasteiger partial charge in [-0.25, -0.2) is 0 Å². The van der Waals surface area contributed by atoms with Crippen molar-refractivity contribution < 1.29 is 4.79 Å². The lowest BCUT2D eigenvalue weighted by Crippen LogP contribution is -2.46. The molecule has 0 saturated carbocycles. The smallest absolute Gasteiger partial charge is 0.274 e. The van der Waals surface area contributed by atoms with Crippen LogP contribution in [0.1, 0.15) is 32.9 Å². The molecule has 2 aromatic rings. The third-order valence-electron chi connectivity index (χ3n) is 5.46. The Labute approximate surface area is 148 Å². The molecular weight excluding hydrogens is 314 g/mol. The number of aromatic nitrogens is 2. The Hall–Kier alpha value is -2.18. The number of benzene rings is 1. The maximum atomic E-state index is 12.9. The molecular formula is C19H25N5O. The topological polar surface area (TPSA) is 64.3 Å². The predicted molar refractivity (Wildman–Crippen MR) is 96.4 cm³/mol. The fourth-order valence-electron chi connectivity index (χ4n) is 3.92. The van der Waals surface area contributed by atoms with Crippen LogP contribution in [0.25, 0.3) is 0 Å². The fourth-order valence-corrected chi connectivity index (χ4v) is 3.92. The molecule has 3 heterocycles. The minimum atomic E-state index is 0.0201. The van der Waals surface area contributed by atoms with Gasteiger partial charge in [0.1, 0.15) is 0 Å². The number of nitrogens with zero attached hydrogens (tertiary/aromatic N) is 3. The molecule has 1 unspecified atom stereocenters. The molecule has 0 saturated heterocycles. The highest BCUT2D eigenvalue weighted by Gasteiger charge is 2.28. The molecule has 2 aliphatic heterocycles. The van der Waals surface area contributed by atoms with E-state index in [9.17, 15) is 4.79 Å². The van der Waals surface area contributed by atoms with Crippen LogP contribution in [0.3, 0.4) is 0 Å². The van der Waals surface area contributed by atoms with E-state index in [-0.39, 0.29) is 5.91 Å². The highest BCUT2D eigenvalue weighted by atomic mass is 16.2. The number of likely N-dealkylation sites (N-methyl/N-ethyl adjacent to an activating group) is 2. The number of carbonyl (C=O) groups is 1. The maximum absolute atomic E-state index is 12.9. The number of amides is 1. The van der Waals surface area contributed by atoms with Crippen LogP contribution in [-0.4, -0.2) is 59.1 Å². The van der Waals surface area contributed by atoms with Crippen LogP contribution < -0.4 is 5.32 Å². The molecule has 0 spiro atoms. The first-order valence-electron chi connectivity index (χ1n) is 8.93. The van der Waals surface area contributed by atoms with E-state index in [1.807, 2.05) is 11.9 Å². The molecule has 6 nitrogen and oxygen atoms in total. The Morgan fingerprint density at radius 1 is 1.36 bits per heavy atom. The summed E-state index contributed by atoms with van der Waals surface area (Å²) in [4.78, 5) is 17.1. The number of hydrogen-bond donors (Lipinski definition) is 2. The normalized spacial score (nSPS) is 20.0. The first-order valence-corrected chi connectivity index (χ1v) is 8.93. The lowest BCUT2D eigenvalue weighted by Gasteiger charge is -2.36. The summed E-state index contributed by atoms with van der Waals surface area (Å²) < 4.78 is 0. The van der Waals surface area contributed by atoms with Crippen molar-refractivity contribution in [2.24, 2.45) is 0 Å². The average Bonchev–Trinajstić information content (AvgIpc) is 3.05. The van der Waals surface area contributed by atoms with E-state index in [1.54, 1.807) is 0 Å². The van der Waals surface area contributed by atoms with E-state index < -0.39 is 0 Å². The Kier molecular flexibility index (Phi) is 4.31. The highest BCUT2D eigenvalue weighted by Crippen LogP contribution is 2.23. The Balaban J connectivity index is 1.48. The standard InChI is InChI=1S/C19H25N5O/c1-23-11-14-6-4-3-5-13(14)9-15(23)12-24(2)19(25)18-16-7-8-20-10-17(16)21-22-18/h3-6,15,20H,7-12H2,1-2H3,(H,21,22). The second-order valence-corrected chi connectivity index (χ2v) is 7.18. The average molecular weight is 339 g/mol. The predicted octanol–water partition coefficient (Wildman–Crippen LogP) is 1.18. The van der Waals surface area contributed by atoms with Crippen molar-refractivity contribution in [3.63, 3.8) is 0 Å². The van der Waals surface area contributed by atoms with Gasteiger partial charge in [0, 0.05) is 38.3 Å². The molecule has 1 aromatic carbocycles. The van der Waals surface area contributed by atoms with Gasteiger partial charge in [-0.2, -0.15) is 5.10 Å². The number of H-pyrrole nitrogens is 1. The van der Waals surface area contributed by atoms with Crippen LogP contribution >= 0.6 is 0 Å². The number of nitrogens with one attached hydrogen (secondary N) is 2. The maximum Gasteiger partial charge on any atom is 0.274 e. The molecule has 4 rings (SSSR count). The number of hydrogen-bond acceptors (Lipinski definition) is 4. The van der Waals surface area contributed by atoms with Crippen molar-refractivity contribution in [2.45, 2.75) is 32.0 Å². The molecule has 2 aliphatic rings. The van der Waals surface area contributed by atoms with Gasteiger partial charge in [-0.1, -0.05) is 24.3 Å². The summed E-state index contributed by atoms with van der Waals surface area (Å²) >= 11 is 0. The number of carbonyl (C=O) groups excluding carboxylic acids is 1. The van der Waals surface area contributed by atoms with Crippen molar-refractivity contribution in [1.29, 1.82) is 0 Å². The van der Waals surface area contributed by atoms with E-state index in [0.717, 1.165) is 43.7 Å². The summed E-state index contributed by atoms with van der Waals surface area (Å²) in [5.74, 6) is 0.0201. The minimum Gasteiger partial charge on any atom is -0.339 e. The molecule has 0 fully saturated rings. The fraction of sp³-hybridized carbons (Fsp3) is 0.474. The Morgan fingerprint density at radius 2 is 2.16 bits per heavy atom. The van der Waals surface area contributed by atoms with Crippen molar-refractivity contribution >= 4 is 5.91 Å². The van der Waals surface area contributed by atoms with E-state index >= 15 is 0 Å². The molecule has 25 heavy (non-hydrogen) atoms. The van der Waals surface area contributed by atoms with Crippen LogP contribution in [-0.2, 0) is 25.9 Å². The third-order valence-corrected chi connectivity index (χ3v) is 5.46. The van der Waals surface area contributed by atoms with Gasteiger partial charge >= 0.3 is 0 Å². The Bertz CT molecular complexity index is 784. The zero-order valence-electron chi connectivity index (χ0n) is 14.9. The highest BCUT2D eigenvalue weighted by molar-refractivity contribution is 5.94. The summed E-state index contributed by atoms with van der Waals surface area (Å²) in [5, 5.41) is 10.6. The van der Waals surface area contributed by atoms with Crippen LogP contribution in [0.2, 0.25) is 0 Å². The van der Waals surface area contributed by atoms with Gasteiger partial charge in [0.2, 0.25) is 0 Å². The first kappa shape index (κ1) is 16.3. The molecule has 6 heteroatoms. The zero-order valence-corrected chi connectivity index (χ0v) is 14.9. The molecule has 1 atom stereocenters. The monoisotopic (exact) mass is 339 g/mol. The quantitative estimate of drug-likeness (QED) is 0.882. The van der Waals surface area contributed by atoms with E-state index in [2.05, 4.69) is 51.7 Å². The summed E-state index contributed by atoms with van der Waals surface area (Å²) in [6.07, 6.45) is 1.84. The molecule has 0 bridgehead atoms. The summed E-state index contributed by atoms with van der Waals surface area (Å²) in [7, 11) is 4.03. The van der Waals surface area contributed by atoms with Gasteiger partial charge < -0.3 is 10.2 Å². The SMILES string of the molecule is CN(CC1Cc2ccccc2CN1C)C(=O)c1n[nH]c2c1CCNC2. The summed E-state index contributed by atoms with van der Waals surface area (Å²) in [6, 6.07) is 8.92. The van der Waals surface area contributed by atoms with Crippen molar-refractivity contribution in [3.05, 3.63) is 52.3 Å². The zero-order chi connectivity index (χ0) is 17.4. The van der Waals surface area contributed by atoms with Gasteiger partial charge in [0.15, 0.2) is 5.69 Å². The second kappa shape index (κ2) is 6.61. The largest absolute Gasteiger partial charge is 0.339 e. The van der Waals surface area contributed by atoms with E-state index in [4.69, 9.17) is 0 Å². The van der Waals surface area contributed by atoms with Crippen LogP contribution in [0.15, 0.2) is 24.3 Å². The molecule has 0 aliphatic carbocycles. The Morgan fingerprint density at radius 3 is 3.00 bits per heavy atom. The van der Waals surface area contributed by atoms with E-state index in [1.165, 1.54) is 11.1 Å². The minimum absolute atomic E-state index is 0.0201. The lowest BCUT2D eigenvalue weighted by atomic mass is 9.94. The molecule has 132 valence electrons. The van der Waals surface area contributed by atoms with Crippen molar-refractivity contribution in [3.8, 4) is 0 Å². The van der Waals surface area contributed by atoms with Crippen LogP contribution in [0.4, 0.5) is 0 Å². The third kappa shape index (κ3) is 3.07. The molecule has 1 aromatic heterocycles. The van der Waals surface area contributed by atoms with Gasteiger partial charge in [-0.05, 0) is 37.6 Å². The lowest BCUT2D eigenvalue weighted by molar-refractivity contribution is 0.0726. The first-order chi connectivity index (χ1) is 12.1. The van der Waals surface area contributed by atoms with E-state index in [0.29, 0.717) is 18.3 Å². The number of aromatic amines is 1. The number of fused-ring (bicyclic) bond motifs is 2. The van der Waals surface area contributed by atoms with Gasteiger partial charge in [0.05, 0.1) is 5.69 Å². The van der Waals surface area contributed by atoms with Gasteiger partial charge in [-0.15, -0.1) is 0 Å². The van der Waals surface area contributed by atoms with Gasteiger partial charge in [-0.3, -0.25) is 14.8 Å². The summed E-state index contributed by atoms with van der Waals surface area (Å²) in [6.45, 7) is 3.32. The molecule has 0 radical (unpaired) electrons.